The highest BCUT2D eigenvalue weighted by Crippen LogP contribution is 2.15. The molecule has 1 N–H and O–H groups in total. The largest absolute Gasteiger partial charge is 0.335 e. The predicted molar refractivity (Wildman–Crippen MR) is 73.1 cm³/mol. The Hall–Kier alpha value is -1.35. The van der Waals surface area contributed by atoms with Crippen LogP contribution in [0.1, 0.15) is 26.3 Å². The van der Waals surface area contributed by atoms with Crippen molar-refractivity contribution < 1.29 is 4.79 Å². The van der Waals surface area contributed by atoms with Crippen molar-refractivity contribution in [2.75, 3.05) is 6.54 Å². The van der Waals surface area contributed by atoms with Gasteiger partial charge in [-0.1, -0.05) is 44.2 Å². The molecule has 1 heterocycles. The van der Waals surface area contributed by atoms with E-state index in [0.717, 1.165) is 13.1 Å². The van der Waals surface area contributed by atoms with E-state index in [9.17, 15) is 4.79 Å². The number of benzene rings is 1. The summed E-state index contributed by atoms with van der Waals surface area (Å²) in [6.45, 7) is 7.83. The Balaban J connectivity index is 2.09. The van der Waals surface area contributed by atoms with Gasteiger partial charge in [-0.2, -0.15) is 0 Å². The van der Waals surface area contributed by atoms with Crippen LogP contribution in [-0.2, 0) is 11.3 Å². The van der Waals surface area contributed by atoms with Crippen molar-refractivity contribution in [3.8, 4) is 0 Å². The van der Waals surface area contributed by atoms with Gasteiger partial charge in [-0.15, -0.1) is 0 Å². The summed E-state index contributed by atoms with van der Waals surface area (Å²) in [5.74, 6) is 0.561. The minimum absolute atomic E-state index is 0.0440. The molecular weight excluding hydrogens is 224 g/mol. The van der Waals surface area contributed by atoms with Crippen LogP contribution >= 0.6 is 0 Å². The van der Waals surface area contributed by atoms with Crippen molar-refractivity contribution in [3.63, 3.8) is 0 Å². The molecule has 3 heteroatoms. The number of rotatable bonds is 3. The molecule has 2 atom stereocenters. The molecule has 0 spiro atoms. The Kier molecular flexibility index (Phi) is 4.02. The van der Waals surface area contributed by atoms with Crippen LogP contribution < -0.4 is 5.32 Å². The smallest absolute Gasteiger partial charge is 0.240 e. The maximum absolute atomic E-state index is 12.4. The first-order chi connectivity index (χ1) is 8.58. The third-order valence-corrected chi connectivity index (χ3v) is 3.42. The van der Waals surface area contributed by atoms with Crippen molar-refractivity contribution in [1.82, 2.24) is 10.2 Å². The van der Waals surface area contributed by atoms with E-state index in [-0.39, 0.29) is 11.9 Å². The minimum Gasteiger partial charge on any atom is -0.335 e. The van der Waals surface area contributed by atoms with Crippen LogP contribution in [0.25, 0.3) is 0 Å². The molecular formula is C15H22N2O. The first-order valence-corrected chi connectivity index (χ1v) is 6.66. The molecule has 2 rings (SSSR count). The topological polar surface area (TPSA) is 32.3 Å². The molecule has 1 amide bonds. The van der Waals surface area contributed by atoms with Crippen LogP contribution in [0, 0.1) is 5.92 Å². The second-order valence-corrected chi connectivity index (χ2v) is 5.49. The van der Waals surface area contributed by atoms with Gasteiger partial charge in [0.1, 0.15) is 0 Å². The number of amides is 1. The molecule has 0 radical (unpaired) electrons. The summed E-state index contributed by atoms with van der Waals surface area (Å²) in [4.78, 5) is 14.4. The van der Waals surface area contributed by atoms with Crippen LogP contribution in [0.3, 0.4) is 0 Å². The van der Waals surface area contributed by atoms with Gasteiger partial charge in [0.25, 0.3) is 0 Å². The Labute approximate surface area is 109 Å². The van der Waals surface area contributed by atoms with Gasteiger partial charge in [0.05, 0.1) is 6.04 Å². The van der Waals surface area contributed by atoms with Gasteiger partial charge < -0.3 is 10.2 Å². The number of carbonyl (C=O) groups is 1. The third-order valence-electron chi connectivity index (χ3n) is 3.42. The van der Waals surface area contributed by atoms with Gasteiger partial charge in [-0.3, -0.25) is 4.79 Å². The zero-order valence-corrected chi connectivity index (χ0v) is 11.4. The highest BCUT2D eigenvalue weighted by molar-refractivity contribution is 5.83. The molecule has 1 fully saturated rings. The maximum atomic E-state index is 12.4. The average molecular weight is 246 g/mol. The minimum atomic E-state index is -0.0440. The second kappa shape index (κ2) is 5.53. The summed E-state index contributed by atoms with van der Waals surface area (Å²) in [6, 6.07) is 10.5. The third kappa shape index (κ3) is 2.91. The molecule has 1 aliphatic heterocycles. The first-order valence-electron chi connectivity index (χ1n) is 6.66. The number of nitrogens with one attached hydrogen (secondary N) is 1. The average Bonchev–Trinajstić information content (AvgIpc) is 2.34. The van der Waals surface area contributed by atoms with Crippen LogP contribution in [-0.4, -0.2) is 29.4 Å². The Morgan fingerprint density at radius 1 is 1.33 bits per heavy atom. The Morgan fingerprint density at radius 3 is 2.61 bits per heavy atom. The van der Waals surface area contributed by atoms with Crippen molar-refractivity contribution in [1.29, 1.82) is 0 Å². The summed E-state index contributed by atoms with van der Waals surface area (Å²) in [5.41, 5.74) is 1.20. The lowest BCUT2D eigenvalue weighted by Crippen LogP contribution is -2.60. The van der Waals surface area contributed by atoms with E-state index in [0.29, 0.717) is 12.0 Å². The molecule has 0 aliphatic carbocycles. The van der Waals surface area contributed by atoms with Crippen LogP contribution in [0.5, 0.6) is 0 Å². The van der Waals surface area contributed by atoms with E-state index >= 15 is 0 Å². The van der Waals surface area contributed by atoms with Crippen LogP contribution in [0.15, 0.2) is 30.3 Å². The van der Waals surface area contributed by atoms with Crippen molar-refractivity contribution in [2.45, 2.75) is 39.4 Å². The van der Waals surface area contributed by atoms with Crippen LogP contribution in [0.4, 0.5) is 0 Å². The Bertz CT molecular complexity index is 402. The van der Waals surface area contributed by atoms with Gasteiger partial charge in [-0.25, -0.2) is 0 Å². The van der Waals surface area contributed by atoms with Gasteiger partial charge >= 0.3 is 0 Å². The van der Waals surface area contributed by atoms with E-state index in [1.807, 2.05) is 23.1 Å². The van der Waals surface area contributed by atoms with E-state index < -0.39 is 0 Å². The van der Waals surface area contributed by atoms with Crippen molar-refractivity contribution in [3.05, 3.63) is 35.9 Å². The molecule has 2 unspecified atom stereocenters. The summed E-state index contributed by atoms with van der Waals surface area (Å²) in [5, 5.41) is 3.39. The quantitative estimate of drug-likeness (QED) is 0.885. The fraction of sp³-hybridized carbons (Fsp3) is 0.533. The number of piperazine rings is 1. The van der Waals surface area contributed by atoms with Crippen molar-refractivity contribution >= 4 is 5.91 Å². The lowest BCUT2D eigenvalue weighted by molar-refractivity contribution is -0.138. The number of nitrogens with zero attached hydrogens (tertiary/aromatic N) is 1. The number of carbonyl (C=O) groups excluding carboxylic acids is 1. The molecule has 3 nitrogen and oxygen atoms in total. The predicted octanol–water partition coefficient (Wildman–Crippen LogP) is 2.03. The summed E-state index contributed by atoms with van der Waals surface area (Å²) >= 11 is 0. The molecule has 0 saturated carbocycles. The van der Waals surface area contributed by atoms with E-state index in [2.05, 4.69) is 38.2 Å². The second-order valence-electron chi connectivity index (χ2n) is 5.49. The van der Waals surface area contributed by atoms with Gasteiger partial charge in [-0.05, 0) is 18.4 Å². The molecule has 98 valence electrons. The summed E-state index contributed by atoms with van der Waals surface area (Å²) in [6.07, 6.45) is 0. The highest BCUT2D eigenvalue weighted by Gasteiger charge is 2.33. The normalized spacial score (nSPS) is 24.7. The van der Waals surface area contributed by atoms with E-state index in [4.69, 9.17) is 0 Å². The fourth-order valence-corrected chi connectivity index (χ4v) is 2.47. The molecule has 1 aliphatic rings. The van der Waals surface area contributed by atoms with Crippen molar-refractivity contribution in [2.24, 2.45) is 5.92 Å². The van der Waals surface area contributed by atoms with Gasteiger partial charge in [0.15, 0.2) is 0 Å². The lowest BCUT2D eigenvalue weighted by Gasteiger charge is -2.38. The maximum Gasteiger partial charge on any atom is 0.240 e. The fourth-order valence-electron chi connectivity index (χ4n) is 2.47. The van der Waals surface area contributed by atoms with E-state index in [1.54, 1.807) is 0 Å². The zero-order chi connectivity index (χ0) is 13.1. The molecule has 18 heavy (non-hydrogen) atoms. The SMILES string of the molecule is CC1CN(Cc2ccccc2)C(=O)C(C(C)C)N1. The van der Waals surface area contributed by atoms with E-state index in [1.165, 1.54) is 5.56 Å². The molecule has 1 aromatic carbocycles. The first kappa shape index (κ1) is 13.1. The number of hydrogen-bond acceptors (Lipinski definition) is 2. The lowest BCUT2D eigenvalue weighted by atomic mass is 9.98. The molecule has 0 aromatic heterocycles. The number of hydrogen-bond donors (Lipinski definition) is 1. The Morgan fingerprint density at radius 2 is 2.00 bits per heavy atom. The summed E-state index contributed by atoms with van der Waals surface area (Å²) < 4.78 is 0. The molecule has 1 saturated heterocycles. The molecule has 1 aromatic rings. The van der Waals surface area contributed by atoms with Crippen LogP contribution in [0.2, 0.25) is 0 Å². The zero-order valence-electron chi connectivity index (χ0n) is 11.4. The summed E-state index contributed by atoms with van der Waals surface area (Å²) in [7, 11) is 0. The molecule has 0 bridgehead atoms. The van der Waals surface area contributed by atoms with Gasteiger partial charge in [0.2, 0.25) is 5.91 Å². The monoisotopic (exact) mass is 246 g/mol. The highest BCUT2D eigenvalue weighted by atomic mass is 16.2. The van der Waals surface area contributed by atoms with Gasteiger partial charge in [0, 0.05) is 19.1 Å². The standard InChI is InChI=1S/C15H22N2O/c1-11(2)14-15(18)17(9-12(3)16-14)10-13-7-5-4-6-8-13/h4-8,11-12,14,16H,9-10H2,1-3H3.